The highest BCUT2D eigenvalue weighted by Crippen LogP contribution is 2.12. The van der Waals surface area contributed by atoms with Gasteiger partial charge in [0.1, 0.15) is 12.4 Å². The van der Waals surface area contributed by atoms with Crippen molar-refractivity contribution in [3.63, 3.8) is 0 Å². The third-order valence-electron chi connectivity index (χ3n) is 2.26. The Morgan fingerprint density at radius 2 is 1.89 bits per heavy atom. The lowest BCUT2D eigenvalue weighted by Gasteiger charge is -2.06. The van der Waals surface area contributed by atoms with E-state index in [1.807, 2.05) is 0 Å². The van der Waals surface area contributed by atoms with Crippen molar-refractivity contribution in [1.82, 2.24) is 0 Å². The molecule has 106 valence electrons. The molecule has 3 N–H and O–H groups in total. The van der Waals surface area contributed by atoms with Crippen LogP contribution in [0.4, 0.5) is 8.78 Å². The van der Waals surface area contributed by atoms with Crippen molar-refractivity contribution >= 4 is 15.7 Å². The molecule has 0 saturated carbocycles. The highest BCUT2D eigenvalue weighted by Gasteiger charge is 2.15. The fraction of sp³-hybridized carbons (Fsp3) is 0.364. The third-order valence-corrected chi connectivity index (χ3v) is 3.96. The van der Waals surface area contributed by atoms with E-state index in [0.29, 0.717) is 5.56 Å². The van der Waals surface area contributed by atoms with Crippen LogP contribution >= 0.6 is 0 Å². The second kappa shape index (κ2) is 6.58. The Labute approximate surface area is 109 Å². The number of hydrogen-bond donors (Lipinski definition) is 2. The summed E-state index contributed by atoms with van der Waals surface area (Å²) in [7, 11) is -3.58. The first-order valence-electron chi connectivity index (χ1n) is 5.36. The molecule has 19 heavy (non-hydrogen) atoms. The Morgan fingerprint density at radius 1 is 1.32 bits per heavy atom. The van der Waals surface area contributed by atoms with Gasteiger partial charge in [0.25, 0.3) is 6.43 Å². The first kappa shape index (κ1) is 15.5. The van der Waals surface area contributed by atoms with Crippen molar-refractivity contribution in [2.75, 3.05) is 19.0 Å². The van der Waals surface area contributed by atoms with Crippen LogP contribution in [-0.4, -0.2) is 39.6 Å². The molecule has 0 amide bonds. The van der Waals surface area contributed by atoms with Gasteiger partial charge in [-0.3, -0.25) is 5.41 Å². The summed E-state index contributed by atoms with van der Waals surface area (Å²) in [6, 6.07) is 5.46. The lowest BCUT2D eigenvalue weighted by Crippen LogP contribution is -2.16. The Bertz CT molecular complexity index is 529. The number of amidine groups is 1. The summed E-state index contributed by atoms with van der Waals surface area (Å²) in [6.45, 7) is -1.07. The number of alkyl halides is 2. The van der Waals surface area contributed by atoms with E-state index in [4.69, 9.17) is 11.1 Å². The summed E-state index contributed by atoms with van der Waals surface area (Å²) < 4.78 is 51.7. The van der Waals surface area contributed by atoms with Crippen LogP contribution in [0.5, 0.6) is 0 Å². The fourth-order valence-corrected chi connectivity index (χ4v) is 2.42. The summed E-state index contributed by atoms with van der Waals surface area (Å²) in [5.41, 5.74) is 5.65. The molecule has 1 aromatic rings. The molecule has 1 aromatic carbocycles. The average molecular weight is 292 g/mol. The predicted octanol–water partition coefficient (Wildman–Crippen LogP) is 1.03. The number of benzene rings is 1. The zero-order valence-electron chi connectivity index (χ0n) is 9.97. The van der Waals surface area contributed by atoms with Crippen molar-refractivity contribution < 1.29 is 21.9 Å². The molecule has 0 bridgehead atoms. The molecule has 8 heteroatoms. The minimum Gasteiger partial charge on any atom is -0.384 e. The normalized spacial score (nSPS) is 11.7. The van der Waals surface area contributed by atoms with Gasteiger partial charge < -0.3 is 10.5 Å². The van der Waals surface area contributed by atoms with E-state index in [2.05, 4.69) is 4.74 Å². The highest BCUT2D eigenvalue weighted by atomic mass is 32.2. The predicted molar refractivity (Wildman–Crippen MR) is 66.3 cm³/mol. The number of sulfone groups is 1. The molecule has 0 aliphatic carbocycles. The maximum atomic E-state index is 11.8. The topological polar surface area (TPSA) is 93.2 Å². The Hall–Kier alpha value is -1.54. The smallest absolute Gasteiger partial charge is 0.261 e. The van der Waals surface area contributed by atoms with Crippen molar-refractivity contribution in [1.29, 1.82) is 5.41 Å². The quantitative estimate of drug-likeness (QED) is 0.446. The summed E-state index contributed by atoms with van der Waals surface area (Å²) in [5, 5.41) is 7.18. The van der Waals surface area contributed by atoms with Crippen LogP contribution in [0, 0.1) is 5.41 Å². The van der Waals surface area contributed by atoms with E-state index in [9.17, 15) is 17.2 Å². The maximum Gasteiger partial charge on any atom is 0.261 e. The number of rotatable bonds is 7. The van der Waals surface area contributed by atoms with Gasteiger partial charge in [-0.1, -0.05) is 12.1 Å². The van der Waals surface area contributed by atoms with E-state index in [-0.39, 0.29) is 23.1 Å². The van der Waals surface area contributed by atoms with Gasteiger partial charge in [-0.05, 0) is 12.1 Å². The largest absolute Gasteiger partial charge is 0.384 e. The second-order valence-corrected chi connectivity index (χ2v) is 5.83. The van der Waals surface area contributed by atoms with E-state index in [1.165, 1.54) is 24.3 Å². The van der Waals surface area contributed by atoms with E-state index >= 15 is 0 Å². The van der Waals surface area contributed by atoms with Gasteiger partial charge >= 0.3 is 0 Å². The second-order valence-electron chi connectivity index (χ2n) is 3.72. The van der Waals surface area contributed by atoms with Crippen molar-refractivity contribution in [3.8, 4) is 0 Å². The van der Waals surface area contributed by atoms with Crippen LogP contribution in [0.25, 0.3) is 0 Å². The minimum atomic E-state index is -3.58. The molecule has 0 saturated heterocycles. The van der Waals surface area contributed by atoms with Crippen LogP contribution in [-0.2, 0) is 14.6 Å². The van der Waals surface area contributed by atoms with E-state index in [1.54, 1.807) is 0 Å². The van der Waals surface area contributed by atoms with Gasteiger partial charge in [-0.2, -0.15) is 0 Å². The Balaban J connectivity index is 2.64. The van der Waals surface area contributed by atoms with Crippen molar-refractivity contribution in [2.45, 2.75) is 11.3 Å². The minimum absolute atomic E-state index is 0.0400. The summed E-state index contributed by atoms with van der Waals surface area (Å²) >= 11 is 0. The zero-order valence-corrected chi connectivity index (χ0v) is 10.8. The van der Waals surface area contributed by atoms with Gasteiger partial charge in [-0.15, -0.1) is 0 Å². The molecule has 1 rings (SSSR count). The van der Waals surface area contributed by atoms with Gasteiger partial charge in [0.2, 0.25) is 0 Å². The molecular formula is C11H14F2N2O3S. The Morgan fingerprint density at radius 3 is 2.37 bits per heavy atom. The van der Waals surface area contributed by atoms with Crippen LogP contribution in [0.3, 0.4) is 0 Å². The molecule has 0 aliphatic rings. The number of nitrogens with one attached hydrogen (secondary N) is 1. The number of hydrogen-bond acceptors (Lipinski definition) is 4. The molecule has 5 nitrogen and oxygen atoms in total. The molecule has 0 fully saturated rings. The lowest BCUT2D eigenvalue weighted by atomic mass is 10.2. The van der Waals surface area contributed by atoms with Crippen molar-refractivity contribution in [2.24, 2.45) is 5.73 Å². The van der Waals surface area contributed by atoms with Crippen molar-refractivity contribution in [3.05, 3.63) is 29.8 Å². The molecule has 0 unspecified atom stereocenters. The lowest BCUT2D eigenvalue weighted by molar-refractivity contribution is 0.0234. The van der Waals surface area contributed by atoms with E-state index < -0.39 is 22.9 Å². The van der Waals surface area contributed by atoms with Gasteiger partial charge in [-0.25, -0.2) is 17.2 Å². The van der Waals surface area contributed by atoms with Gasteiger partial charge in [0.05, 0.1) is 17.3 Å². The molecular weight excluding hydrogens is 278 g/mol. The SMILES string of the molecule is N=C(N)c1ccc(S(=O)(=O)CCOCC(F)F)cc1. The van der Waals surface area contributed by atoms with Crippen LogP contribution < -0.4 is 5.73 Å². The number of ether oxygens (including phenoxy) is 1. The van der Waals surface area contributed by atoms with Crippen LogP contribution in [0.1, 0.15) is 5.56 Å². The van der Waals surface area contributed by atoms with Crippen LogP contribution in [0.15, 0.2) is 29.2 Å². The molecule has 0 atom stereocenters. The number of halogens is 2. The third kappa shape index (κ3) is 4.92. The first-order valence-corrected chi connectivity index (χ1v) is 7.01. The number of nitrogen functional groups attached to an aromatic ring is 1. The fourth-order valence-electron chi connectivity index (χ4n) is 1.30. The Kier molecular flexibility index (Phi) is 5.37. The molecule has 0 aliphatic heterocycles. The molecule has 0 heterocycles. The zero-order chi connectivity index (χ0) is 14.5. The number of nitrogens with two attached hydrogens (primary N) is 1. The van der Waals surface area contributed by atoms with Gasteiger partial charge in [0, 0.05) is 5.56 Å². The highest BCUT2D eigenvalue weighted by molar-refractivity contribution is 7.91. The monoisotopic (exact) mass is 292 g/mol. The maximum absolute atomic E-state index is 11.8. The van der Waals surface area contributed by atoms with Gasteiger partial charge in [0.15, 0.2) is 9.84 Å². The summed E-state index contributed by atoms with van der Waals surface area (Å²) in [5.74, 6) is -0.539. The average Bonchev–Trinajstić information content (AvgIpc) is 2.34. The standard InChI is InChI=1S/C11H14F2N2O3S/c12-10(13)7-18-5-6-19(16,17)9-3-1-8(2-4-9)11(14)15/h1-4,10H,5-7H2,(H3,14,15). The summed E-state index contributed by atoms with van der Waals surface area (Å²) in [4.78, 5) is 0.0400. The molecule has 0 spiro atoms. The molecule has 0 aromatic heterocycles. The first-order chi connectivity index (χ1) is 8.83. The van der Waals surface area contributed by atoms with Crippen LogP contribution in [0.2, 0.25) is 0 Å². The van der Waals surface area contributed by atoms with E-state index in [0.717, 1.165) is 0 Å². The summed E-state index contributed by atoms with van der Waals surface area (Å²) in [6.07, 6.45) is -2.61. The molecule has 0 radical (unpaired) electrons.